The van der Waals surface area contributed by atoms with E-state index in [-0.39, 0.29) is 5.91 Å². The van der Waals surface area contributed by atoms with Crippen LogP contribution in [0.4, 0.5) is 5.82 Å². The average molecular weight is 366 g/mol. The molecule has 1 aliphatic rings. The largest absolute Gasteiger partial charge is 0.382 e. The number of benzene rings is 1. The Morgan fingerprint density at radius 2 is 1.78 bits per heavy atom. The van der Waals surface area contributed by atoms with Crippen molar-refractivity contribution >= 4 is 17.8 Å². The number of carbonyl (C=O) groups is 1. The van der Waals surface area contributed by atoms with Gasteiger partial charge in [-0.15, -0.1) is 0 Å². The molecule has 6 heteroatoms. The molecule has 0 bridgehead atoms. The fraction of sp³-hybridized carbons (Fsp3) is 0.381. The van der Waals surface area contributed by atoms with Crippen LogP contribution in [0.1, 0.15) is 32.2 Å². The molecule has 6 nitrogen and oxygen atoms in total. The monoisotopic (exact) mass is 366 g/mol. The first kappa shape index (κ1) is 19.0. The van der Waals surface area contributed by atoms with E-state index in [0.717, 1.165) is 17.0 Å². The summed E-state index contributed by atoms with van der Waals surface area (Å²) in [7, 11) is 0. The molecule has 1 aliphatic heterocycles. The number of amides is 1. The van der Waals surface area contributed by atoms with Gasteiger partial charge in [0.1, 0.15) is 11.4 Å². The molecule has 0 unspecified atom stereocenters. The van der Waals surface area contributed by atoms with E-state index in [1.807, 2.05) is 54.3 Å². The van der Waals surface area contributed by atoms with Gasteiger partial charge in [-0.1, -0.05) is 30.3 Å². The lowest BCUT2D eigenvalue weighted by Gasteiger charge is -2.35. The highest BCUT2D eigenvalue weighted by molar-refractivity contribution is 5.97. The minimum Gasteiger partial charge on any atom is -0.382 e. The predicted molar refractivity (Wildman–Crippen MR) is 106 cm³/mol. The number of rotatable bonds is 4. The van der Waals surface area contributed by atoms with Gasteiger partial charge in [0.25, 0.3) is 0 Å². The molecule has 0 aliphatic carbocycles. The maximum atomic E-state index is 12.7. The van der Waals surface area contributed by atoms with Gasteiger partial charge in [0.2, 0.25) is 5.91 Å². The molecule has 0 saturated carbocycles. The van der Waals surface area contributed by atoms with Crippen molar-refractivity contribution in [1.29, 1.82) is 0 Å². The fourth-order valence-corrected chi connectivity index (χ4v) is 3.07. The Bertz CT molecular complexity index is 820. The molecule has 2 aromatic rings. The SMILES string of the molecule is CC(=Cc1ccccc1)C(=O)N1CCN(c2ccnc(C(C)(C)O)n2)CC1. The minimum atomic E-state index is -1.08. The normalized spacial score (nSPS) is 15.8. The topological polar surface area (TPSA) is 69.6 Å². The number of nitrogens with zero attached hydrogens (tertiary/aromatic N) is 4. The van der Waals surface area contributed by atoms with Crippen LogP contribution >= 0.6 is 0 Å². The van der Waals surface area contributed by atoms with Crippen molar-refractivity contribution in [2.75, 3.05) is 31.1 Å². The van der Waals surface area contributed by atoms with E-state index in [1.165, 1.54) is 0 Å². The molecule has 1 aromatic heterocycles. The number of anilines is 1. The second kappa shape index (κ2) is 7.88. The first-order valence-electron chi connectivity index (χ1n) is 9.18. The van der Waals surface area contributed by atoms with Crippen molar-refractivity contribution in [3.63, 3.8) is 0 Å². The third-order valence-electron chi connectivity index (χ3n) is 4.60. The number of carbonyl (C=O) groups excluding carboxylic acids is 1. The second-order valence-electron chi connectivity index (χ2n) is 7.31. The lowest BCUT2D eigenvalue weighted by molar-refractivity contribution is -0.127. The van der Waals surface area contributed by atoms with Crippen LogP contribution in [0.3, 0.4) is 0 Å². The molecular weight excluding hydrogens is 340 g/mol. The zero-order valence-electron chi connectivity index (χ0n) is 16.1. The van der Waals surface area contributed by atoms with Crippen molar-refractivity contribution in [3.05, 3.63) is 59.6 Å². The summed E-state index contributed by atoms with van der Waals surface area (Å²) in [6.07, 6.45) is 3.59. The molecule has 142 valence electrons. The molecule has 0 spiro atoms. The molecule has 1 saturated heterocycles. The standard InChI is InChI=1S/C21H26N4O2/c1-16(15-17-7-5-4-6-8-17)19(26)25-13-11-24(12-14-25)18-9-10-22-20(23-18)21(2,3)27/h4-10,15,27H,11-14H2,1-3H3. The summed E-state index contributed by atoms with van der Waals surface area (Å²) < 4.78 is 0. The Morgan fingerprint density at radius 1 is 1.11 bits per heavy atom. The quantitative estimate of drug-likeness (QED) is 0.842. The smallest absolute Gasteiger partial charge is 0.249 e. The number of hydrogen-bond donors (Lipinski definition) is 1. The van der Waals surface area contributed by atoms with E-state index in [9.17, 15) is 9.90 Å². The van der Waals surface area contributed by atoms with Gasteiger partial charge < -0.3 is 14.9 Å². The van der Waals surface area contributed by atoms with Gasteiger partial charge >= 0.3 is 0 Å². The van der Waals surface area contributed by atoms with Crippen LogP contribution in [-0.4, -0.2) is 52.1 Å². The molecule has 0 radical (unpaired) electrons. The minimum absolute atomic E-state index is 0.0679. The highest BCUT2D eigenvalue weighted by Gasteiger charge is 2.25. The molecule has 1 aromatic carbocycles. The van der Waals surface area contributed by atoms with Gasteiger partial charge in [-0.2, -0.15) is 0 Å². The molecule has 1 amide bonds. The highest BCUT2D eigenvalue weighted by Crippen LogP contribution is 2.20. The summed E-state index contributed by atoms with van der Waals surface area (Å²) >= 11 is 0. The molecule has 2 heterocycles. The summed E-state index contributed by atoms with van der Waals surface area (Å²) in [5.74, 6) is 1.25. The number of aliphatic hydroxyl groups is 1. The maximum absolute atomic E-state index is 12.7. The van der Waals surface area contributed by atoms with Crippen LogP contribution in [-0.2, 0) is 10.4 Å². The Kier molecular flexibility index (Phi) is 5.56. The van der Waals surface area contributed by atoms with E-state index in [4.69, 9.17) is 0 Å². The summed E-state index contributed by atoms with van der Waals surface area (Å²) in [5, 5.41) is 10.1. The van der Waals surface area contributed by atoms with Crippen LogP contribution in [0.15, 0.2) is 48.2 Å². The van der Waals surface area contributed by atoms with Crippen molar-refractivity contribution in [2.45, 2.75) is 26.4 Å². The van der Waals surface area contributed by atoms with Crippen molar-refractivity contribution in [2.24, 2.45) is 0 Å². The van der Waals surface area contributed by atoms with E-state index >= 15 is 0 Å². The molecule has 0 atom stereocenters. The van der Waals surface area contributed by atoms with Gasteiger partial charge in [-0.25, -0.2) is 9.97 Å². The number of hydrogen-bond acceptors (Lipinski definition) is 5. The van der Waals surface area contributed by atoms with E-state index in [1.54, 1.807) is 20.0 Å². The van der Waals surface area contributed by atoms with Gasteiger partial charge in [-0.05, 0) is 38.5 Å². The Morgan fingerprint density at radius 3 is 2.41 bits per heavy atom. The third-order valence-corrected chi connectivity index (χ3v) is 4.60. The van der Waals surface area contributed by atoms with E-state index in [0.29, 0.717) is 32.0 Å². The third kappa shape index (κ3) is 4.71. The van der Waals surface area contributed by atoms with E-state index < -0.39 is 5.60 Å². The van der Waals surface area contributed by atoms with Crippen LogP contribution in [0.5, 0.6) is 0 Å². The van der Waals surface area contributed by atoms with Crippen molar-refractivity contribution in [1.82, 2.24) is 14.9 Å². The summed E-state index contributed by atoms with van der Waals surface area (Å²) in [5.41, 5.74) is 0.691. The zero-order chi connectivity index (χ0) is 19.4. The molecule has 1 fully saturated rings. The van der Waals surface area contributed by atoms with Crippen molar-refractivity contribution < 1.29 is 9.90 Å². The van der Waals surface area contributed by atoms with Crippen LogP contribution in [0.2, 0.25) is 0 Å². The molecule has 1 N–H and O–H groups in total. The van der Waals surface area contributed by atoms with Crippen LogP contribution in [0.25, 0.3) is 6.08 Å². The summed E-state index contributed by atoms with van der Waals surface area (Å²) in [4.78, 5) is 25.3. The Balaban J connectivity index is 1.63. The molecule has 3 rings (SSSR count). The lowest BCUT2D eigenvalue weighted by atomic mass is 10.1. The Labute approximate surface area is 160 Å². The number of aromatic nitrogens is 2. The van der Waals surface area contributed by atoms with E-state index in [2.05, 4.69) is 14.9 Å². The van der Waals surface area contributed by atoms with Gasteiger partial charge in [0.15, 0.2) is 5.82 Å². The zero-order valence-corrected chi connectivity index (χ0v) is 16.1. The molecule has 27 heavy (non-hydrogen) atoms. The van der Waals surface area contributed by atoms with Gasteiger partial charge in [0, 0.05) is 37.9 Å². The van der Waals surface area contributed by atoms with Crippen molar-refractivity contribution in [3.8, 4) is 0 Å². The number of piperazine rings is 1. The average Bonchev–Trinajstić information content (AvgIpc) is 2.68. The first-order valence-corrected chi connectivity index (χ1v) is 9.18. The summed E-state index contributed by atoms with van der Waals surface area (Å²) in [6, 6.07) is 11.7. The maximum Gasteiger partial charge on any atom is 0.249 e. The van der Waals surface area contributed by atoms with Crippen LogP contribution < -0.4 is 4.90 Å². The Hall–Kier alpha value is -2.73. The first-order chi connectivity index (χ1) is 12.8. The lowest BCUT2D eigenvalue weighted by Crippen LogP contribution is -2.49. The highest BCUT2D eigenvalue weighted by atomic mass is 16.3. The van der Waals surface area contributed by atoms with Crippen LogP contribution in [0, 0.1) is 0 Å². The second-order valence-corrected chi connectivity index (χ2v) is 7.31. The van der Waals surface area contributed by atoms with Gasteiger partial charge in [0.05, 0.1) is 0 Å². The fourth-order valence-electron chi connectivity index (χ4n) is 3.07. The molecular formula is C21H26N4O2. The predicted octanol–water partition coefficient (Wildman–Crippen LogP) is 2.46. The summed E-state index contributed by atoms with van der Waals surface area (Å²) in [6.45, 7) is 7.89. The van der Waals surface area contributed by atoms with Gasteiger partial charge in [-0.3, -0.25) is 4.79 Å².